The van der Waals surface area contributed by atoms with E-state index in [1.165, 1.54) is 44.9 Å². The Kier molecular flexibility index (Phi) is 4.96. The summed E-state index contributed by atoms with van der Waals surface area (Å²) in [5, 5.41) is 9.08. The number of Topliss-reactive ketones (excluding diaryl/α,β-unsaturated/α-hetero) is 1. The van der Waals surface area contributed by atoms with Crippen LogP contribution in [0.2, 0.25) is 0 Å². The van der Waals surface area contributed by atoms with Crippen LogP contribution >= 0.6 is 0 Å². The minimum absolute atomic E-state index is 0.197. The Morgan fingerprint density at radius 2 is 1.89 bits per heavy atom. The number of hydrogen-bond donors (Lipinski definition) is 1. The molecule has 152 valence electrons. The number of hydrogen-bond acceptors (Lipinski definition) is 2. The van der Waals surface area contributed by atoms with Crippen LogP contribution in [0.4, 0.5) is 0 Å². The molecule has 8 unspecified atom stereocenters. The zero-order valence-electron chi connectivity index (χ0n) is 17.5. The monoisotopic (exact) mass is 374 g/mol. The van der Waals surface area contributed by atoms with Gasteiger partial charge in [0.1, 0.15) is 5.78 Å². The van der Waals surface area contributed by atoms with Crippen LogP contribution in [0.15, 0.2) is 0 Å². The zero-order chi connectivity index (χ0) is 19.4. The highest BCUT2D eigenvalue weighted by Gasteiger charge is 2.63. The first-order chi connectivity index (χ1) is 12.8. The summed E-state index contributed by atoms with van der Waals surface area (Å²) < 4.78 is 0. The van der Waals surface area contributed by atoms with Gasteiger partial charge in [0.05, 0.1) is 0 Å². The second-order valence-electron chi connectivity index (χ2n) is 10.9. The lowest BCUT2D eigenvalue weighted by Gasteiger charge is -2.60. The molecule has 1 N–H and O–H groups in total. The molecule has 4 saturated carbocycles. The summed E-state index contributed by atoms with van der Waals surface area (Å²) in [5.41, 5.74) is 0.197. The third-order valence-electron chi connectivity index (χ3n) is 10.0. The van der Waals surface area contributed by atoms with Crippen LogP contribution in [-0.4, -0.2) is 16.9 Å². The topological polar surface area (TPSA) is 54.4 Å². The van der Waals surface area contributed by atoms with Gasteiger partial charge in [0, 0.05) is 18.3 Å². The molecule has 0 spiro atoms. The van der Waals surface area contributed by atoms with Crippen molar-refractivity contribution in [2.75, 3.05) is 0 Å². The molecule has 4 aliphatic rings. The van der Waals surface area contributed by atoms with Crippen molar-refractivity contribution < 1.29 is 14.7 Å². The van der Waals surface area contributed by atoms with E-state index < -0.39 is 5.97 Å². The molecule has 0 saturated heterocycles. The molecule has 0 bridgehead atoms. The van der Waals surface area contributed by atoms with Gasteiger partial charge < -0.3 is 5.11 Å². The van der Waals surface area contributed by atoms with Crippen LogP contribution in [0.3, 0.4) is 0 Å². The number of fused-ring (bicyclic) bond motifs is 5. The molecule has 27 heavy (non-hydrogen) atoms. The molecule has 0 radical (unpaired) electrons. The summed E-state index contributed by atoms with van der Waals surface area (Å²) in [7, 11) is 0. The van der Waals surface area contributed by atoms with Gasteiger partial charge in [0.25, 0.3) is 0 Å². The molecule has 0 aromatic heterocycles. The van der Waals surface area contributed by atoms with E-state index in [2.05, 4.69) is 20.8 Å². The largest absolute Gasteiger partial charge is 0.481 e. The second-order valence-corrected chi connectivity index (χ2v) is 10.9. The van der Waals surface area contributed by atoms with E-state index in [-0.39, 0.29) is 11.8 Å². The number of carbonyl (C=O) groups is 2. The Morgan fingerprint density at radius 3 is 2.63 bits per heavy atom. The Balaban J connectivity index is 1.58. The van der Waals surface area contributed by atoms with Gasteiger partial charge in [-0.2, -0.15) is 0 Å². The van der Waals surface area contributed by atoms with E-state index in [4.69, 9.17) is 5.11 Å². The van der Waals surface area contributed by atoms with Crippen LogP contribution < -0.4 is 0 Å². The van der Waals surface area contributed by atoms with Crippen LogP contribution in [0.25, 0.3) is 0 Å². The average molecular weight is 375 g/mol. The van der Waals surface area contributed by atoms with E-state index in [9.17, 15) is 9.59 Å². The number of carbonyl (C=O) groups excluding carboxylic acids is 1. The van der Waals surface area contributed by atoms with Gasteiger partial charge >= 0.3 is 5.97 Å². The Bertz CT molecular complexity index is 613. The van der Waals surface area contributed by atoms with E-state index in [1.54, 1.807) is 0 Å². The summed E-state index contributed by atoms with van der Waals surface area (Å²) in [5.74, 6) is 3.24. The van der Waals surface area contributed by atoms with Gasteiger partial charge in [0.15, 0.2) is 0 Å². The molecule has 0 aliphatic heterocycles. The number of aliphatic carboxylic acids is 1. The van der Waals surface area contributed by atoms with Crippen molar-refractivity contribution in [1.29, 1.82) is 0 Å². The first-order valence-electron chi connectivity index (χ1n) is 11.5. The summed E-state index contributed by atoms with van der Waals surface area (Å²) in [6, 6.07) is 0. The average Bonchev–Trinajstić information content (AvgIpc) is 2.99. The maximum absolute atomic E-state index is 13.6. The Labute approximate surface area is 164 Å². The number of carboxylic acid groups (broad SMARTS) is 1. The van der Waals surface area contributed by atoms with Crippen molar-refractivity contribution >= 4 is 11.8 Å². The molecule has 3 nitrogen and oxygen atoms in total. The number of ketones is 1. The maximum Gasteiger partial charge on any atom is 0.303 e. The Morgan fingerprint density at radius 1 is 1.11 bits per heavy atom. The second kappa shape index (κ2) is 6.88. The minimum atomic E-state index is -0.708. The van der Waals surface area contributed by atoms with Crippen molar-refractivity contribution in [1.82, 2.24) is 0 Å². The summed E-state index contributed by atoms with van der Waals surface area (Å²) in [6.45, 7) is 6.98. The molecule has 4 rings (SSSR count). The van der Waals surface area contributed by atoms with Crippen LogP contribution in [0.1, 0.15) is 91.4 Å². The van der Waals surface area contributed by atoms with E-state index in [1.807, 2.05) is 0 Å². The lowest BCUT2D eigenvalue weighted by atomic mass is 9.44. The maximum atomic E-state index is 13.6. The van der Waals surface area contributed by atoms with Gasteiger partial charge in [-0.25, -0.2) is 0 Å². The highest BCUT2D eigenvalue weighted by Crippen LogP contribution is 2.67. The van der Waals surface area contributed by atoms with Gasteiger partial charge in [-0.3, -0.25) is 9.59 Å². The van der Waals surface area contributed by atoms with Crippen LogP contribution in [0, 0.1) is 46.3 Å². The van der Waals surface area contributed by atoms with Gasteiger partial charge in [0.2, 0.25) is 0 Å². The van der Waals surface area contributed by atoms with Crippen molar-refractivity contribution in [2.45, 2.75) is 91.4 Å². The first-order valence-corrected chi connectivity index (χ1v) is 11.5. The van der Waals surface area contributed by atoms with Crippen LogP contribution in [0.5, 0.6) is 0 Å². The highest BCUT2D eigenvalue weighted by molar-refractivity contribution is 5.87. The third-order valence-corrected chi connectivity index (χ3v) is 10.0. The molecular weight excluding hydrogens is 336 g/mol. The summed E-state index contributed by atoms with van der Waals surface area (Å²) >= 11 is 0. The Hall–Kier alpha value is -0.860. The fourth-order valence-corrected chi connectivity index (χ4v) is 8.50. The third kappa shape index (κ3) is 2.90. The fourth-order valence-electron chi connectivity index (χ4n) is 8.50. The fraction of sp³-hybridized carbons (Fsp3) is 0.917. The lowest BCUT2D eigenvalue weighted by Crippen LogP contribution is -2.56. The summed E-state index contributed by atoms with van der Waals surface area (Å²) in [4.78, 5) is 24.6. The van der Waals surface area contributed by atoms with Gasteiger partial charge in [-0.05, 0) is 85.9 Å². The molecule has 0 aromatic rings. The molecule has 0 heterocycles. The number of carboxylic acids is 1. The molecular formula is C24H38O3. The molecule has 0 aromatic carbocycles. The highest BCUT2D eigenvalue weighted by atomic mass is 16.4. The first kappa shape index (κ1) is 19.5. The van der Waals surface area contributed by atoms with Crippen molar-refractivity contribution in [2.24, 2.45) is 46.3 Å². The minimum Gasteiger partial charge on any atom is -0.481 e. The predicted molar refractivity (Wildman–Crippen MR) is 106 cm³/mol. The normalized spacial score (nSPS) is 47.7. The van der Waals surface area contributed by atoms with Crippen molar-refractivity contribution in [3.8, 4) is 0 Å². The predicted octanol–water partition coefficient (Wildman–Crippen LogP) is 5.72. The van der Waals surface area contributed by atoms with E-state index >= 15 is 0 Å². The molecule has 4 aliphatic carbocycles. The zero-order valence-corrected chi connectivity index (χ0v) is 17.5. The molecule has 8 atom stereocenters. The molecule has 0 amide bonds. The lowest BCUT2D eigenvalue weighted by molar-refractivity contribution is -0.157. The van der Waals surface area contributed by atoms with Crippen molar-refractivity contribution in [3.63, 3.8) is 0 Å². The molecule has 4 fully saturated rings. The smallest absolute Gasteiger partial charge is 0.303 e. The van der Waals surface area contributed by atoms with Gasteiger partial charge in [-0.15, -0.1) is 0 Å². The SMILES string of the molecule is CC(CCC(=O)O)C1CCC2C3CCC4CCCCC4(C)C3CC(=O)C12C. The quantitative estimate of drug-likeness (QED) is 0.685. The van der Waals surface area contributed by atoms with Crippen molar-refractivity contribution in [3.05, 3.63) is 0 Å². The standard InChI is InChI=1S/C24H38O3/c1-15(7-12-22(26)27)18-10-11-19-17-9-8-16-6-4-5-13-23(16,2)20(17)14-21(25)24(18,19)3/h15-20H,4-14H2,1-3H3,(H,26,27). The molecule has 3 heteroatoms. The summed E-state index contributed by atoms with van der Waals surface area (Å²) in [6.07, 6.45) is 12.2. The van der Waals surface area contributed by atoms with E-state index in [0.29, 0.717) is 41.3 Å². The van der Waals surface area contributed by atoms with Crippen LogP contribution in [-0.2, 0) is 9.59 Å². The van der Waals surface area contributed by atoms with Gasteiger partial charge in [-0.1, -0.05) is 33.6 Å². The van der Waals surface area contributed by atoms with E-state index in [0.717, 1.165) is 24.7 Å². The number of rotatable bonds is 4.